The van der Waals surface area contributed by atoms with Crippen molar-refractivity contribution in [2.24, 2.45) is 0 Å². The van der Waals surface area contributed by atoms with Gasteiger partial charge in [0.15, 0.2) is 5.12 Å². The van der Waals surface area contributed by atoms with Crippen molar-refractivity contribution in [2.45, 2.75) is 58.3 Å². The van der Waals surface area contributed by atoms with Crippen LogP contribution in [-0.2, 0) is 9.59 Å². The first kappa shape index (κ1) is 19.5. The lowest BCUT2D eigenvalue weighted by molar-refractivity contribution is -0.116. The highest BCUT2D eigenvalue weighted by Gasteiger charge is 2.00. The molecule has 0 atom stereocenters. The number of unbranched alkanes of at least 4 members (excludes halogenated alkanes) is 5. The summed E-state index contributed by atoms with van der Waals surface area (Å²) < 4.78 is 0. The van der Waals surface area contributed by atoms with Gasteiger partial charge in [0.1, 0.15) is 0 Å². The molecule has 3 nitrogen and oxygen atoms in total. The zero-order valence-electron chi connectivity index (χ0n) is 12.3. The third-order valence-corrected chi connectivity index (χ3v) is 3.77. The van der Waals surface area contributed by atoms with Crippen molar-refractivity contribution >= 4 is 34.4 Å². The van der Waals surface area contributed by atoms with E-state index in [2.05, 4.69) is 12.2 Å². The Kier molecular flexibility index (Phi) is 14.6. The molecule has 1 N–H and O–H groups in total. The maximum atomic E-state index is 11.4. The second-order valence-electron chi connectivity index (χ2n) is 4.64. The fourth-order valence-electron chi connectivity index (χ4n) is 1.62. The Morgan fingerprint density at radius 2 is 1.80 bits per heavy atom. The zero-order valence-corrected chi connectivity index (χ0v) is 13.9. The van der Waals surface area contributed by atoms with E-state index in [-0.39, 0.29) is 11.0 Å². The maximum absolute atomic E-state index is 11.4. The number of carbonyl (C=O) groups is 2. The van der Waals surface area contributed by atoms with Gasteiger partial charge in [-0.05, 0) is 18.2 Å². The molecule has 0 radical (unpaired) electrons. The van der Waals surface area contributed by atoms with Crippen molar-refractivity contribution in [3.8, 4) is 0 Å². The quantitative estimate of drug-likeness (QED) is 0.332. The summed E-state index contributed by atoms with van der Waals surface area (Å²) in [6.45, 7) is 2.91. The molecular formula is C15H26ClNO2S. The van der Waals surface area contributed by atoms with Crippen LogP contribution in [-0.4, -0.2) is 23.4 Å². The minimum Gasteiger partial charge on any atom is -0.353 e. The van der Waals surface area contributed by atoms with Gasteiger partial charge in [-0.3, -0.25) is 9.59 Å². The van der Waals surface area contributed by atoms with Crippen LogP contribution < -0.4 is 5.32 Å². The van der Waals surface area contributed by atoms with Gasteiger partial charge in [-0.25, -0.2) is 0 Å². The van der Waals surface area contributed by atoms with Crippen LogP contribution in [0, 0.1) is 0 Å². The number of amides is 1. The first-order valence-corrected chi connectivity index (χ1v) is 8.82. The van der Waals surface area contributed by atoms with Gasteiger partial charge in [-0.15, -0.1) is 11.6 Å². The molecule has 0 bridgehead atoms. The Balaban J connectivity index is 3.46. The fourth-order valence-corrected chi connectivity index (χ4v) is 2.36. The molecule has 0 saturated carbocycles. The molecule has 20 heavy (non-hydrogen) atoms. The molecule has 0 aliphatic heterocycles. The van der Waals surface area contributed by atoms with E-state index in [1.54, 1.807) is 5.41 Å². The van der Waals surface area contributed by atoms with Gasteiger partial charge < -0.3 is 5.32 Å². The van der Waals surface area contributed by atoms with Crippen LogP contribution >= 0.6 is 23.4 Å². The van der Waals surface area contributed by atoms with Crippen molar-refractivity contribution < 1.29 is 9.59 Å². The zero-order chi connectivity index (χ0) is 15.1. The first-order chi connectivity index (χ1) is 9.70. The molecule has 0 aromatic rings. The summed E-state index contributed by atoms with van der Waals surface area (Å²) in [4.78, 5) is 22.7. The highest BCUT2D eigenvalue weighted by Crippen LogP contribution is 2.09. The second kappa shape index (κ2) is 14.9. The second-order valence-corrected chi connectivity index (χ2v) is 5.99. The normalized spacial score (nSPS) is 10.9. The molecule has 0 aliphatic carbocycles. The largest absolute Gasteiger partial charge is 0.353 e. The van der Waals surface area contributed by atoms with Gasteiger partial charge in [0.2, 0.25) is 5.91 Å². The van der Waals surface area contributed by atoms with Gasteiger partial charge in [0, 0.05) is 24.9 Å². The molecular weight excluding hydrogens is 294 g/mol. The molecule has 0 spiro atoms. The topological polar surface area (TPSA) is 46.2 Å². The number of alkyl halides is 1. The summed E-state index contributed by atoms with van der Waals surface area (Å²) in [7, 11) is 0. The maximum Gasteiger partial charge on any atom is 0.244 e. The predicted octanol–water partition coefficient (Wildman–Crippen LogP) is 4.26. The minimum absolute atomic E-state index is 0.0469. The lowest BCUT2D eigenvalue weighted by Crippen LogP contribution is -2.21. The first-order valence-electron chi connectivity index (χ1n) is 7.40. The lowest BCUT2D eigenvalue weighted by Gasteiger charge is -2.02. The number of rotatable bonds is 12. The molecule has 1 amide bonds. The monoisotopic (exact) mass is 319 g/mol. The van der Waals surface area contributed by atoms with E-state index >= 15 is 0 Å². The summed E-state index contributed by atoms with van der Waals surface area (Å²) >= 11 is 6.56. The van der Waals surface area contributed by atoms with Crippen LogP contribution in [0.4, 0.5) is 0 Å². The Bertz CT molecular complexity index is 296. The van der Waals surface area contributed by atoms with E-state index in [9.17, 15) is 9.59 Å². The van der Waals surface area contributed by atoms with Crippen LogP contribution in [0.25, 0.3) is 0 Å². The Labute approximate surface area is 131 Å². The summed E-state index contributed by atoms with van der Waals surface area (Å²) in [6.07, 6.45) is 9.81. The van der Waals surface area contributed by atoms with Gasteiger partial charge in [-0.1, -0.05) is 50.8 Å². The molecule has 0 aromatic carbocycles. The molecule has 0 unspecified atom stereocenters. The van der Waals surface area contributed by atoms with E-state index in [0.29, 0.717) is 25.3 Å². The molecule has 0 aliphatic rings. The van der Waals surface area contributed by atoms with Crippen LogP contribution in [0.5, 0.6) is 0 Å². The summed E-state index contributed by atoms with van der Waals surface area (Å²) in [6, 6.07) is 0. The average Bonchev–Trinajstić information content (AvgIpc) is 2.44. The van der Waals surface area contributed by atoms with Crippen molar-refractivity contribution in [1.82, 2.24) is 5.32 Å². The minimum atomic E-state index is -0.129. The van der Waals surface area contributed by atoms with Crippen molar-refractivity contribution in [3.63, 3.8) is 0 Å². The Hall–Kier alpha value is -0.480. The fraction of sp³-hybridized carbons (Fsp3) is 0.733. The number of hydrogen-bond donors (Lipinski definition) is 1. The van der Waals surface area contributed by atoms with Crippen LogP contribution in [0.1, 0.15) is 58.3 Å². The molecule has 0 aromatic heterocycles. The summed E-state index contributed by atoms with van der Waals surface area (Å²) in [5.41, 5.74) is 0. The van der Waals surface area contributed by atoms with E-state index in [1.165, 1.54) is 31.8 Å². The highest BCUT2D eigenvalue weighted by atomic mass is 35.5. The van der Waals surface area contributed by atoms with Crippen LogP contribution in [0.15, 0.2) is 11.5 Å². The molecule has 0 rings (SSSR count). The van der Waals surface area contributed by atoms with E-state index in [1.807, 2.05) is 0 Å². The van der Waals surface area contributed by atoms with E-state index in [0.717, 1.165) is 24.6 Å². The molecule has 0 fully saturated rings. The number of thioether (sulfide) groups is 1. The van der Waals surface area contributed by atoms with Crippen LogP contribution in [0.3, 0.4) is 0 Å². The van der Waals surface area contributed by atoms with Crippen molar-refractivity contribution in [1.29, 1.82) is 0 Å². The third kappa shape index (κ3) is 13.9. The Morgan fingerprint density at radius 1 is 1.10 bits per heavy atom. The number of nitrogens with one attached hydrogen (secondary N) is 1. The third-order valence-electron chi connectivity index (χ3n) is 2.76. The van der Waals surface area contributed by atoms with Gasteiger partial charge >= 0.3 is 0 Å². The SMILES string of the molecule is CCCCCCCCNC(=O)C=CSC(=O)CCCCl. The predicted molar refractivity (Wildman–Crippen MR) is 88.1 cm³/mol. The number of carbonyl (C=O) groups excluding carboxylic acids is 2. The molecule has 0 heterocycles. The summed E-state index contributed by atoms with van der Waals surface area (Å²) in [5, 5.41) is 4.41. The molecule has 116 valence electrons. The standard InChI is InChI=1S/C15H26ClNO2S/c1-2-3-4-5-6-7-12-17-14(18)10-13-20-15(19)9-8-11-16/h10,13H,2-9,11-12H2,1H3,(H,17,18). The van der Waals surface area contributed by atoms with Gasteiger partial charge in [-0.2, -0.15) is 0 Å². The van der Waals surface area contributed by atoms with Crippen molar-refractivity contribution in [2.75, 3.05) is 12.4 Å². The number of hydrogen-bond acceptors (Lipinski definition) is 3. The molecule has 5 heteroatoms. The van der Waals surface area contributed by atoms with E-state index < -0.39 is 0 Å². The van der Waals surface area contributed by atoms with E-state index in [4.69, 9.17) is 11.6 Å². The molecule has 0 saturated heterocycles. The summed E-state index contributed by atoms with van der Waals surface area (Å²) in [5.74, 6) is 0.366. The van der Waals surface area contributed by atoms with Gasteiger partial charge in [0.05, 0.1) is 0 Å². The van der Waals surface area contributed by atoms with Crippen LogP contribution in [0.2, 0.25) is 0 Å². The smallest absolute Gasteiger partial charge is 0.244 e. The van der Waals surface area contributed by atoms with Gasteiger partial charge in [0.25, 0.3) is 0 Å². The number of halogens is 1. The average molecular weight is 320 g/mol. The highest BCUT2D eigenvalue weighted by molar-refractivity contribution is 8.16. The van der Waals surface area contributed by atoms with Crippen molar-refractivity contribution in [3.05, 3.63) is 11.5 Å². The lowest BCUT2D eigenvalue weighted by atomic mass is 10.1. The Morgan fingerprint density at radius 3 is 2.50 bits per heavy atom.